The summed E-state index contributed by atoms with van der Waals surface area (Å²) in [5.41, 5.74) is 9.56. The quantitative estimate of drug-likeness (QED) is 0.798. The number of nitrogen functional groups attached to an aromatic ring is 1. The predicted octanol–water partition coefficient (Wildman–Crippen LogP) is 3.85. The van der Waals surface area contributed by atoms with Crippen LogP contribution in [0.3, 0.4) is 0 Å². The molecule has 15 heavy (non-hydrogen) atoms. The number of aryl methyl sites for hydroxylation is 2. The molecule has 0 spiro atoms. The zero-order valence-electron chi connectivity index (χ0n) is 8.44. The summed E-state index contributed by atoms with van der Waals surface area (Å²) in [6.45, 7) is 3.90. The lowest BCUT2D eigenvalue weighted by atomic mass is 10.1. The Morgan fingerprint density at radius 3 is 2.67 bits per heavy atom. The first-order chi connectivity index (χ1) is 7.00. The van der Waals surface area contributed by atoms with Crippen molar-refractivity contribution >= 4 is 44.1 Å². The van der Waals surface area contributed by atoms with E-state index in [4.69, 9.17) is 17.3 Å². The van der Waals surface area contributed by atoms with Crippen molar-refractivity contribution in [1.29, 1.82) is 0 Å². The average Bonchev–Trinajstić information content (AvgIpc) is 2.17. The number of nitrogens with two attached hydrogens (primary N) is 1. The van der Waals surface area contributed by atoms with E-state index < -0.39 is 0 Å². The Balaban J connectivity index is 2.98. The van der Waals surface area contributed by atoms with Crippen molar-refractivity contribution in [2.75, 3.05) is 5.73 Å². The van der Waals surface area contributed by atoms with Crippen LogP contribution >= 0.6 is 27.5 Å². The second-order valence-corrected chi connectivity index (χ2v) is 4.77. The molecule has 0 aliphatic rings. The Morgan fingerprint density at radius 1 is 1.33 bits per heavy atom. The maximum atomic E-state index is 6.01. The number of nitrogens with zero attached hydrogens (tertiary/aromatic N) is 1. The highest BCUT2D eigenvalue weighted by Crippen LogP contribution is 2.33. The van der Waals surface area contributed by atoms with Gasteiger partial charge in [-0.05, 0) is 47.5 Å². The highest BCUT2D eigenvalue weighted by molar-refractivity contribution is 9.10. The molecule has 0 saturated carbocycles. The standard InChI is InChI=1S/C11H10BrClN2/c1-5-3-7(13)4-8-10(14)9(12)6(2)15-11(5)8/h3-4H,1-2H3,(H2,14,15). The molecule has 0 bridgehead atoms. The Kier molecular flexibility index (Phi) is 2.61. The van der Waals surface area contributed by atoms with E-state index in [1.54, 1.807) is 0 Å². The van der Waals surface area contributed by atoms with Crippen LogP contribution in [0.4, 0.5) is 5.69 Å². The van der Waals surface area contributed by atoms with Crippen LogP contribution < -0.4 is 5.73 Å². The Bertz CT molecular complexity index is 552. The highest BCUT2D eigenvalue weighted by Gasteiger charge is 2.10. The first kappa shape index (κ1) is 10.7. The van der Waals surface area contributed by atoms with Gasteiger partial charge in [-0.3, -0.25) is 4.98 Å². The molecule has 2 N–H and O–H groups in total. The number of hydrogen-bond donors (Lipinski definition) is 1. The van der Waals surface area contributed by atoms with Crippen LogP contribution in [-0.2, 0) is 0 Å². The van der Waals surface area contributed by atoms with Crippen molar-refractivity contribution in [2.24, 2.45) is 0 Å². The average molecular weight is 286 g/mol. The molecule has 0 atom stereocenters. The van der Waals surface area contributed by atoms with Crippen molar-refractivity contribution in [2.45, 2.75) is 13.8 Å². The molecule has 0 aliphatic heterocycles. The van der Waals surface area contributed by atoms with E-state index in [0.717, 1.165) is 26.6 Å². The number of hydrogen-bond acceptors (Lipinski definition) is 2. The lowest BCUT2D eigenvalue weighted by molar-refractivity contribution is 1.22. The molecular formula is C11H10BrClN2. The van der Waals surface area contributed by atoms with Crippen LogP contribution in [0.15, 0.2) is 16.6 Å². The summed E-state index contributed by atoms with van der Waals surface area (Å²) in [4.78, 5) is 4.49. The zero-order chi connectivity index (χ0) is 11.2. The van der Waals surface area contributed by atoms with E-state index in [1.807, 2.05) is 26.0 Å². The monoisotopic (exact) mass is 284 g/mol. The molecule has 1 aromatic carbocycles. The molecule has 0 unspecified atom stereocenters. The third-order valence-electron chi connectivity index (χ3n) is 2.39. The summed E-state index contributed by atoms with van der Waals surface area (Å²) in [7, 11) is 0. The van der Waals surface area contributed by atoms with E-state index in [1.165, 1.54) is 0 Å². The van der Waals surface area contributed by atoms with Gasteiger partial charge in [0.1, 0.15) is 0 Å². The fourth-order valence-corrected chi connectivity index (χ4v) is 2.19. The van der Waals surface area contributed by atoms with Crippen molar-refractivity contribution in [3.63, 3.8) is 0 Å². The largest absolute Gasteiger partial charge is 0.397 e. The summed E-state index contributed by atoms with van der Waals surface area (Å²) in [5, 5.41) is 1.58. The third kappa shape index (κ3) is 1.70. The van der Waals surface area contributed by atoms with Crippen LogP contribution in [-0.4, -0.2) is 4.98 Å². The van der Waals surface area contributed by atoms with Gasteiger partial charge in [-0.15, -0.1) is 0 Å². The molecule has 1 heterocycles. The van der Waals surface area contributed by atoms with Gasteiger partial charge in [-0.1, -0.05) is 11.6 Å². The Labute approximate surface area is 102 Å². The maximum absolute atomic E-state index is 6.01. The summed E-state index contributed by atoms with van der Waals surface area (Å²) in [6.07, 6.45) is 0. The molecule has 2 rings (SSSR count). The molecule has 2 nitrogen and oxygen atoms in total. The molecule has 0 amide bonds. The van der Waals surface area contributed by atoms with Gasteiger partial charge in [0.05, 0.1) is 21.4 Å². The summed E-state index contributed by atoms with van der Waals surface area (Å²) < 4.78 is 0.844. The van der Waals surface area contributed by atoms with Crippen molar-refractivity contribution in [3.8, 4) is 0 Å². The van der Waals surface area contributed by atoms with Crippen molar-refractivity contribution < 1.29 is 0 Å². The zero-order valence-corrected chi connectivity index (χ0v) is 10.8. The minimum atomic E-state index is 0.684. The van der Waals surface area contributed by atoms with Crippen LogP contribution in [0.5, 0.6) is 0 Å². The van der Waals surface area contributed by atoms with Gasteiger partial charge in [0.2, 0.25) is 0 Å². The summed E-state index contributed by atoms with van der Waals surface area (Å²) >= 11 is 9.41. The predicted molar refractivity (Wildman–Crippen MR) is 68.3 cm³/mol. The minimum Gasteiger partial charge on any atom is -0.397 e. The van der Waals surface area contributed by atoms with Gasteiger partial charge in [-0.25, -0.2) is 0 Å². The van der Waals surface area contributed by atoms with Gasteiger partial charge < -0.3 is 5.73 Å². The van der Waals surface area contributed by atoms with Gasteiger partial charge in [0.25, 0.3) is 0 Å². The highest BCUT2D eigenvalue weighted by atomic mass is 79.9. The van der Waals surface area contributed by atoms with E-state index in [2.05, 4.69) is 20.9 Å². The first-order valence-electron chi connectivity index (χ1n) is 4.52. The fourth-order valence-electron chi connectivity index (χ4n) is 1.62. The second kappa shape index (κ2) is 3.65. The number of rotatable bonds is 0. The van der Waals surface area contributed by atoms with E-state index in [9.17, 15) is 0 Å². The number of aromatic nitrogens is 1. The van der Waals surface area contributed by atoms with Crippen molar-refractivity contribution in [1.82, 2.24) is 4.98 Å². The number of anilines is 1. The molecule has 4 heteroatoms. The molecule has 0 radical (unpaired) electrons. The number of pyridine rings is 1. The van der Waals surface area contributed by atoms with Gasteiger partial charge >= 0.3 is 0 Å². The lowest BCUT2D eigenvalue weighted by Crippen LogP contribution is -1.96. The molecule has 0 aliphatic carbocycles. The van der Waals surface area contributed by atoms with Gasteiger partial charge in [0, 0.05) is 10.4 Å². The molecule has 2 aromatic rings. The molecule has 0 fully saturated rings. The second-order valence-electron chi connectivity index (χ2n) is 3.54. The topological polar surface area (TPSA) is 38.9 Å². The SMILES string of the molecule is Cc1nc2c(C)cc(Cl)cc2c(N)c1Br. The summed E-state index contributed by atoms with van der Waals surface area (Å²) in [5.74, 6) is 0. The molecule has 1 aromatic heterocycles. The summed E-state index contributed by atoms with van der Waals surface area (Å²) in [6, 6.07) is 3.74. The fraction of sp³-hybridized carbons (Fsp3) is 0.182. The molecule has 78 valence electrons. The van der Waals surface area contributed by atoms with Crippen LogP contribution in [0, 0.1) is 13.8 Å². The van der Waals surface area contributed by atoms with Gasteiger partial charge in [-0.2, -0.15) is 0 Å². The van der Waals surface area contributed by atoms with Crippen LogP contribution in [0.1, 0.15) is 11.3 Å². The van der Waals surface area contributed by atoms with Crippen LogP contribution in [0.25, 0.3) is 10.9 Å². The Hall–Kier alpha value is -0.800. The van der Waals surface area contributed by atoms with Gasteiger partial charge in [0.15, 0.2) is 0 Å². The van der Waals surface area contributed by atoms with Crippen molar-refractivity contribution in [3.05, 3.63) is 32.9 Å². The minimum absolute atomic E-state index is 0.684. The maximum Gasteiger partial charge on any atom is 0.0756 e. The lowest BCUT2D eigenvalue weighted by Gasteiger charge is -2.09. The van der Waals surface area contributed by atoms with Crippen LogP contribution in [0.2, 0.25) is 5.02 Å². The smallest absolute Gasteiger partial charge is 0.0756 e. The number of halogens is 2. The Morgan fingerprint density at radius 2 is 2.00 bits per heavy atom. The molecule has 0 saturated heterocycles. The number of fused-ring (bicyclic) bond motifs is 1. The normalized spacial score (nSPS) is 10.9. The van der Waals surface area contributed by atoms with E-state index >= 15 is 0 Å². The first-order valence-corrected chi connectivity index (χ1v) is 5.69. The number of benzene rings is 1. The van der Waals surface area contributed by atoms with E-state index in [0.29, 0.717) is 10.7 Å². The molecular weight excluding hydrogens is 275 g/mol. The van der Waals surface area contributed by atoms with E-state index in [-0.39, 0.29) is 0 Å². The third-order valence-corrected chi connectivity index (χ3v) is 3.61.